The van der Waals surface area contributed by atoms with Gasteiger partial charge in [-0.05, 0) is 86.2 Å². The van der Waals surface area contributed by atoms with Crippen molar-refractivity contribution >= 4 is 34.6 Å². The van der Waals surface area contributed by atoms with Crippen molar-refractivity contribution in [2.24, 2.45) is 0 Å². The molecule has 34 heavy (non-hydrogen) atoms. The highest BCUT2D eigenvalue weighted by Crippen LogP contribution is 2.43. The van der Waals surface area contributed by atoms with Crippen LogP contribution in [0.3, 0.4) is 0 Å². The molecule has 5 nitrogen and oxygen atoms in total. The number of hydrogen-bond donors (Lipinski definition) is 1. The molecule has 172 valence electrons. The molecule has 2 aromatic heterocycles. The number of halogens is 1. The van der Waals surface area contributed by atoms with Crippen LogP contribution in [-0.2, 0) is 0 Å². The first-order valence-electron chi connectivity index (χ1n) is 11.1. The molecule has 4 aromatic rings. The molecule has 1 N–H and O–H groups in total. The van der Waals surface area contributed by atoms with Gasteiger partial charge < -0.3 is 19.4 Å². The first-order valence-corrected chi connectivity index (χ1v) is 11.9. The van der Waals surface area contributed by atoms with Gasteiger partial charge in [0.1, 0.15) is 23.3 Å². The SMILES string of the molecule is CCOc1ccc(N2C(=S)N[C@H](c3ccccn3)[C@H]2c2ccc(-c3ccc(C)c(Cl)c3)o2)cc1. The predicted octanol–water partition coefficient (Wildman–Crippen LogP) is 6.88. The van der Waals surface area contributed by atoms with Crippen molar-refractivity contribution in [3.63, 3.8) is 0 Å². The standard InChI is InChI=1S/C27H24ClN3O2S/c1-3-32-20-11-9-19(10-12-20)31-26(25(30-27(31)34)22-6-4-5-15-29-22)24-14-13-23(33-24)18-8-7-17(2)21(28)16-18/h4-16,25-26H,3H2,1-2H3,(H,30,34)/t25-,26-/m1/s1. The van der Waals surface area contributed by atoms with Gasteiger partial charge in [0, 0.05) is 22.5 Å². The Labute approximate surface area is 209 Å². The van der Waals surface area contributed by atoms with E-state index in [9.17, 15) is 0 Å². The van der Waals surface area contributed by atoms with E-state index in [2.05, 4.69) is 15.2 Å². The summed E-state index contributed by atoms with van der Waals surface area (Å²) in [5.41, 5.74) is 3.79. The smallest absolute Gasteiger partial charge is 0.174 e. The average Bonchev–Trinajstić information content (AvgIpc) is 3.47. The van der Waals surface area contributed by atoms with E-state index in [1.165, 1.54) is 0 Å². The summed E-state index contributed by atoms with van der Waals surface area (Å²) >= 11 is 12.2. The van der Waals surface area contributed by atoms with Crippen molar-refractivity contribution in [1.82, 2.24) is 10.3 Å². The molecule has 3 heterocycles. The molecule has 0 bridgehead atoms. The number of pyridine rings is 1. The molecule has 2 aromatic carbocycles. The van der Waals surface area contributed by atoms with Crippen molar-refractivity contribution in [2.45, 2.75) is 25.9 Å². The van der Waals surface area contributed by atoms with Gasteiger partial charge >= 0.3 is 0 Å². The topological polar surface area (TPSA) is 50.5 Å². The summed E-state index contributed by atoms with van der Waals surface area (Å²) in [6.07, 6.45) is 1.79. The Morgan fingerprint density at radius 3 is 2.62 bits per heavy atom. The zero-order chi connectivity index (χ0) is 23.7. The van der Waals surface area contributed by atoms with E-state index in [4.69, 9.17) is 33.0 Å². The average molecular weight is 490 g/mol. The summed E-state index contributed by atoms with van der Waals surface area (Å²) in [4.78, 5) is 6.67. The van der Waals surface area contributed by atoms with Crippen LogP contribution in [-0.4, -0.2) is 16.7 Å². The lowest BCUT2D eigenvalue weighted by molar-refractivity contribution is 0.340. The minimum atomic E-state index is -0.227. The van der Waals surface area contributed by atoms with Crippen LogP contribution >= 0.6 is 23.8 Å². The monoisotopic (exact) mass is 489 g/mol. The summed E-state index contributed by atoms with van der Waals surface area (Å²) in [7, 11) is 0. The number of rotatable bonds is 6. The van der Waals surface area contributed by atoms with E-state index in [0.29, 0.717) is 16.7 Å². The highest BCUT2D eigenvalue weighted by atomic mass is 35.5. The number of hydrogen-bond acceptors (Lipinski definition) is 4. The van der Waals surface area contributed by atoms with Crippen LogP contribution in [0.1, 0.15) is 36.0 Å². The second-order valence-corrected chi connectivity index (χ2v) is 8.88. The van der Waals surface area contributed by atoms with Crippen LogP contribution in [0.4, 0.5) is 5.69 Å². The van der Waals surface area contributed by atoms with Gasteiger partial charge in [0.2, 0.25) is 0 Å². The zero-order valence-corrected chi connectivity index (χ0v) is 20.4. The molecule has 0 saturated carbocycles. The van der Waals surface area contributed by atoms with Crippen LogP contribution in [0.15, 0.2) is 83.4 Å². The molecule has 1 saturated heterocycles. The Bertz CT molecular complexity index is 1310. The lowest BCUT2D eigenvalue weighted by Gasteiger charge is -2.26. The number of thiocarbonyl (C=S) groups is 1. The normalized spacial score (nSPS) is 17.6. The number of furan rings is 1. The molecular formula is C27H24ClN3O2S. The maximum Gasteiger partial charge on any atom is 0.174 e. The van der Waals surface area contributed by atoms with Crippen LogP contribution in [0, 0.1) is 6.92 Å². The van der Waals surface area contributed by atoms with Gasteiger partial charge in [0.25, 0.3) is 0 Å². The third-order valence-corrected chi connectivity index (χ3v) is 6.62. The van der Waals surface area contributed by atoms with Crippen LogP contribution in [0.5, 0.6) is 5.75 Å². The predicted molar refractivity (Wildman–Crippen MR) is 139 cm³/mol. The fourth-order valence-corrected chi connectivity index (χ4v) is 4.73. The molecule has 7 heteroatoms. The van der Waals surface area contributed by atoms with Crippen LogP contribution in [0.2, 0.25) is 5.02 Å². The van der Waals surface area contributed by atoms with Crippen molar-refractivity contribution in [3.05, 3.63) is 101 Å². The molecule has 1 aliphatic rings. The van der Waals surface area contributed by atoms with E-state index >= 15 is 0 Å². The van der Waals surface area contributed by atoms with E-state index in [1.807, 2.05) is 86.6 Å². The molecule has 0 aliphatic carbocycles. The molecule has 0 spiro atoms. The minimum Gasteiger partial charge on any atom is -0.494 e. The third kappa shape index (κ3) is 4.27. The number of anilines is 1. The number of nitrogens with one attached hydrogen (secondary N) is 1. The molecule has 2 atom stereocenters. The summed E-state index contributed by atoms with van der Waals surface area (Å²) < 4.78 is 12.0. The van der Waals surface area contributed by atoms with Crippen molar-refractivity contribution in [1.29, 1.82) is 0 Å². The maximum absolute atomic E-state index is 6.41. The van der Waals surface area contributed by atoms with Crippen LogP contribution in [0.25, 0.3) is 11.3 Å². The van der Waals surface area contributed by atoms with Gasteiger partial charge in [-0.2, -0.15) is 0 Å². The van der Waals surface area contributed by atoms with E-state index < -0.39 is 0 Å². The second kappa shape index (κ2) is 9.49. The lowest BCUT2D eigenvalue weighted by Crippen LogP contribution is -2.29. The Hall–Kier alpha value is -3.35. The summed E-state index contributed by atoms with van der Waals surface area (Å²) in [6, 6.07) is 23.3. The van der Waals surface area contributed by atoms with Gasteiger partial charge in [0.15, 0.2) is 5.11 Å². The quantitative estimate of drug-likeness (QED) is 0.298. The number of ether oxygens (including phenoxy) is 1. The minimum absolute atomic E-state index is 0.180. The van der Waals surface area contributed by atoms with Gasteiger partial charge in [-0.3, -0.25) is 4.98 Å². The number of nitrogens with zero attached hydrogens (tertiary/aromatic N) is 2. The Balaban J connectivity index is 1.56. The first kappa shape index (κ1) is 22.4. The Morgan fingerprint density at radius 2 is 1.91 bits per heavy atom. The van der Waals surface area contributed by atoms with Gasteiger partial charge in [-0.25, -0.2) is 0 Å². The third-order valence-electron chi connectivity index (χ3n) is 5.90. The summed E-state index contributed by atoms with van der Waals surface area (Å²) in [6.45, 7) is 4.57. The van der Waals surface area contributed by atoms with E-state index in [-0.39, 0.29) is 12.1 Å². The number of aromatic nitrogens is 1. The maximum atomic E-state index is 6.41. The lowest BCUT2D eigenvalue weighted by atomic mass is 10.0. The van der Waals surface area contributed by atoms with Gasteiger partial charge in [-0.1, -0.05) is 29.8 Å². The molecule has 1 fully saturated rings. The highest BCUT2D eigenvalue weighted by molar-refractivity contribution is 7.80. The van der Waals surface area contributed by atoms with E-state index in [0.717, 1.165) is 39.8 Å². The molecule has 1 aliphatic heterocycles. The largest absolute Gasteiger partial charge is 0.494 e. The van der Waals surface area contributed by atoms with Crippen LogP contribution < -0.4 is 15.0 Å². The fraction of sp³-hybridized carbons (Fsp3) is 0.185. The molecule has 5 rings (SSSR count). The number of aryl methyl sites for hydroxylation is 1. The van der Waals surface area contributed by atoms with Gasteiger partial charge in [-0.15, -0.1) is 0 Å². The Kier molecular flexibility index (Phi) is 6.26. The second-order valence-electron chi connectivity index (χ2n) is 8.09. The number of benzene rings is 2. The molecule has 0 amide bonds. The zero-order valence-electron chi connectivity index (χ0n) is 18.9. The molecule has 0 radical (unpaired) electrons. The highest BCUT2D eigenvalue weighted by Gasteiger charge is 2.42. The van der Waals surface area contributed by atoms with Crippen molar-refractivity contribution in [2.75, 3.05) is 11.5 Å². The Morgan fingerprint density at radius 1 is 1.09 bits per heavy atom. The van der Waals surface area contributed by atoms with Crippen molar-refractivity contribution < 1.29 is 9.15 Å². The fourth-order valence-electron chi connectivity index (χ4n) is 4.20. The molecule has 0 unspecified atom stereocenters. The van der Waals surface area contributed by atoms with Crippen molar-refractivity contribution in [3.8, 4) is 17.1 Å². The summed E-state index contributed by atoms with van der Waals surface area (Å²) in [5.74, 6) is 2.35. The van der Waals surface area contributed by atoms with Gasteiger partial charge in [0.05, 0.1) is 18.3 Å². The first-order chi connectivity index (χ1) is 16.5. The van der Waals surface area contributed by atoms with E-state index in [1.54, 1.807) is 6.20 Å². The summed E-state index contributed by atoms with van der Waals surface area (Å²) in [5, 5.41) is 4.78. The molecular weight excluding hydrogens is 466 g/mol.